The number of ketones is 1. The second kappa shape index (κ2) is 11.2. The number of carbonyl (C=O) groups is 2. The summed E-state index contributed by atoms with van der Waals surface area (Å²) in [5, 5.41) is 4.98. The molecule has 178 valence electrons. The molecular weight excluding hydrogens is 458 g/mol. The molecule has 0 saturated carbocycles. The number of rotatable bonds is 9. The molecule has 0 unspecified atom stereocenters. The van der Waals surface area contributed by atoms with E-state index >= 15 is 0 Å². The van der Waals surface area contributed by atoms with Gasteiger partial charge >= 0.3 is 5.97 Å². The summed E-state index contributed by atoms with van der Waals surface area (Å²) in [6, 6.07) is 24.9. The summed E-state index contributed by atoms with van der Waals surface area (Å²) in [4.78, 5) is 31.0. The van der Waals surface area contributed by atoms with Crippen molar-refractivity contribution in [3.05, 3.63) is 95.7 Å². The van der Waals surface area contributed by atoms with Crippen molar-refractivity contribution in [3.8, 4) is 0 Å². The number of fused-ring (bicyclic) bond motifs is 1. The molecule has 0 atom stereocenters. The Kier molecular flexibility index (Phi) is 7.83. The van der Waals surface area contributed by atoms with Crippen LogP contribution in [-0.2, 0) is 9.63 Å². The first-order valence-corrected chi connectivity index (χ1v) is 12.4. The van der Waals surface area contributed by atoms with Gasteiger partial charge in [-0.2, -0.15) is 0 Å². The molecule has 0 fully saturated rings. The first-order chi connectivity index (χ1) is 16.9. The van der Waals surface area contributed by atoms with Gasteiger partial charge in [0.25, 0.3) is 0 Å². The van der Waals surface area contributed by atoms with Crippen LogP contribution >= 0.6 is 11.8 Å². The minimum absolute atomic E-state index is 0.136. The van der Waals surface area contributed by atoms with Crippen LogP contribution in [0.5, 0.6) is 0 Å². The molecule has 3 aromatic carbocycles. The zero-order valence-corrected chi connectivity index (χ0v) is 20.8. The van der Waals surface area contributed by atoms with Crippen LogP contribution < -0.4 is 0 Å². The molecule has 1 heterocycles. The maximum atomic E-state index is 12.8. The van der Waals surface area contributed by atoms with E-state index in [9.17, 15) is 9.59 Å². The van der Waals surface area contributed by atoms with Crippen molar-refractivity contribution in [2.24, 2.45) is 11.1 Å². The number of para-hydroxylation sites is 1. The number of hydrogen-bond acceptors (Lipinski definition) is 6. The van der Waals surface area contributed by atoms with E-state index in [4.69, 9.17) is 9.25 Å². The number of nitrogens with zero attached hydrogens (tertiary/aromatic N) is 1. The van der Waals surface area contributed by atoms with Gasteiger partial charge in [-0.25, -0.2) is 4.79 Å². The van der Waals surface area contributed by atoms with E-state index in [1.807, 2.05) is 72.8 Å². The van der Waals surface area contributed by atoms with Gasteiger partial charge in [-0.1, -0.05) is 61.1 Å². The van der Waals surface area contributed by atoms with Crippen molar-refractivity contribution >= 4 is 40.2 Å². The monoisotopic (exact) mass is 485 g/mol. The Labute approximate surface area is 209 Å². The smallest absolute Gasteiger partial charge is 0.331 e. The average molecular weight is 486 g/mol. The third-order valence-corrected chi connectivity index (χ3v) is 6.45. The normalized spacial score (nSPS) is 11.7. The van der Waals surface area contributed by atoms with E-state index in [1.165, 1.54) is 6.92 Å². The highest BCUT2D eigenvalue weighted by atomic mass is 32.2. The van der Waals surface area contributed by atoms with Crippen LogP contribution in [0.2, 0.25) is 0 Å². The van der Waals surface area contributed by atoms with Gasteiger partial charge in [0.1, 0.15) is 5.58 Å². The molecule has 0 aliphatic rings. The lowest BCUT2D eigenvalue weighted by Crippen LogP contribution is -2.06. The second-order valence-corrected chi connectivity index (χ2v) is 9.83. The molecule has 4 rings (SSSR count). The van der Waals surface area contributed by atoms with Crippen LogP contribution in [0.15, 0.2) is 98.2 Å². The summed E-state index contributed by atoms with van der Waals surface area (Å²) in [5.74, 6) is 0.296. The summed E-state index contributed by atoms with van der Waals surface area (Å²) in [7, 11) is 0. The molecule has 0 saturated heterocycles. The number of carbonyl (C=O) groups excluding carboxylic acids is 2. The molecule has 0 aliphatic heterocycles. The predicted molar refractivity (Wildman–Crippen MR) is 139 cm³/mol. The van der Waals surface area contributed by atoms with Crippen molar-refractivity contribution in [2.45, 2.75) is 43.4 Å². The lowest BCUT2D eigenvalue weighted by Gasteiger charge is -2.09. The van der Waals surface area contributed by atoms with E-state index in [0.29, 0.717) is 22.8 Å². The Morgan fingerprint density at radius 1 is 0.914 bits per heavy atom. The van der Waals surface area contributed by atoms with Gasteiger partial charge in [-0.15, -0.1) is 0 Å². The minimum Gasteiger partial charge on any atom is -0.453 e. The third-order valence-electron chi connectivity index (χ3n) is 5.43. The Morgan fingerprint density at radius 3 is 2.14 bits per heavy atom. The summed E-state index contributed by atoms with van der Waals surface area (Å²) < 4.78 is 5.71. The van der Waals surface area contributed by atoms with Crippen molar-refractivity contribution < 1.29 is 18.8 Å². The van der Waals surface area contributed by atoms with Crippen LogP contribution in [0, 0.1) is 5.92 Å². The summed E-state index contributed by atoms with van der Waals surface area (Å²) in [5.41, 5.74) is 2.99. The zero-order valence-electron chi connectivity index (χ0n) is 20.0. The number of benzene rings is 3. The topological polar surface area (TPSA) is 68.9 Å². The Bertz CT molecular complexity index is 1320. The Hall–Kier alpha value is -3.64. The fourth-order valence-electron chi connectivity index (χ4n) is 3.55. The minimum atomic E-state index is -0.429. The first kappa shape index (κ1) is 24.5. The third kappa shape index (κ3) is 6.49. The summed E-state index contributed by atoms with van der Waals surface area (Å²) in [6.07, 6.45) is 1.69. The van der Waals surface area contributed by atoms with Gasteiger partial charge in [0.2, 0.25) is 5.78 Å². The maximum Gasteiger partial charge on any atom is 0.331 e. The molecule has 0 spiro atoms. The molecule has 0 bridgehead atoms. The number of furan rings is 1. The van der Waals surface area contributed by atoms with Gasteiger partial charge in [-0.3, -0.25) is 4.79 Å². The quantitative estimate of drug-likeness (QED) is 0.106. The SMILES string of the molecule is CC(=O)O/N=C(/CCC(C)C)c1ccc(Sc2ccc(C(=O)c3cc4ccccc4o3)cc2)cc1. The molecule has 6 heteroatoms. The molecule has 0 aliphatic carbocycles. The van der Waals surface area contributed by atoms with E-state index in [2.05, 4.69) is 19.0 Å². The predicted octanol–water partition coefficient (Wildman–Crippen LogP) is 7.52. The van der Waals surface area contributed by atoms with Crippen molar-refractivity contribution in [3.63, 3.8) is 0 Å². The van der Waals surface area contributed by atoms with Gasteiger partial charge in [0.05, 0.1) is 5.71 Å². The van der Waals surface area contributed by atoms with Crippen LogP contribution in [0.3, 0.4) is 0 Å². The molecule has 1 aromatic heterocycles. The van der Waals surface area contributed by atoms with Crippen molar-refractivity contribution in [1.29, 1.82) is 0 Å². The zero-order chi connectivity index (χ0) is 24.8. The molecule has 35 heavy (non-hydrogen) atoms. The van der Waals surface area contributed by atoms with Crippen molar-refractivity contribution in [2.75, 3.05) is 0 Å². The molecular formula is C29H27NO4S. The van der Waals surface area contributed by atoms with Gasteiger partial charge in [0.15, 0.2) is 5.76 Å². The number of oxime groups is 1. The summed E-state index contributed by atoms with van der Waals surface area (Å²) >= 11 is 1.60. The molecule has 0 amide bonds. The van der Waals surface area contributed by atoms with E-state index in [0.717, 1.165) is 39.3 Å². The Balaban J connectivity index is 1.44. The van der Waals surface area contributed by atoms with Gasteiger partial charge < -0.3 is 9.25 Å². The molecule has 0 radical (unpaired) electrons. The Morgan fingerprint density at radius 2 is 1.54 bits per heavy atom. The lowest BCUT2D eigenvalue weighted by molar-refractivity contribution is -0.140. The highest BCUT2D eigenvalue weighted by molar-refractivity contribution is 7.99. The largest absolute Gasteiger partial charge is 0.453 e. The molecule has 4 aromatic rings. The second-order valence-electron chi connectivity index (χ2n) is 8.68. The average Bonchev–Trinajstić information content (AvgIpc) is 3.29. The van der Waals surface area contributed by atoms with Gasteiger partial charge in [0, 0.05) is 27.7 Å². The van der Waals surface area contributed by atoms with E-state index in [-0.39, 0.29) is 5.78 Å². The maximum absolute atomic E-state index is 12.8. The fraction of sp³-hybridized carbons (Fsp3) is 0.207. The van der Waals surface area contributed by atoms with Gasteiger partial charge in [-0.05, 0) is 72.9 Å². The van der Waals surface area contributed by atoms with Crippen LogP contribution in [-0.4, -0.2) is 17.5 Å². The molecule has 0 N–H and O–H groups in total. The van der Waals surface area contributed by atoms with E-state index in [1.54, 1.807) is 17.8 Å². The molecule has 5 nitrogen and oxygen atoms in total. The van der Waals surface area contributed by atoms with Crippen LogP contribution in [0.4, 0.5) is 0 Å². The highest BCUT2D eigenvalue weighted by Crippen LogP contribution is 2.29. The highest BCUT2D eigenvalue weighted by Gasteiger charge is 2.15. The van der Waals surface area contributed by atoms with Crippen LogP contribution in [0.25, 0.3) is 11.0 Å². The first-order valence-electron chi connectivity index (χ1n) is 11.5. The van der Waals surface area contributed by atoms with Crippen molar-refractivity contribution in [1.82, 2.24) is 0 Å². The lowest BCUT2D eigenvalue weighted by atomic mass is 10.0. The standard InChI is InChI=1S/C29H27NO4S/c1-19(2)8-17-26(30-34-20(3)31)21-9-13-24(14-10-21)35-25-15-11-22(12-16-25)29(32)28-18-23-6-4-5-7-27(23)33-28/h4-7,9-16,18-19H,8,17H2,1-3H3/b30-26-. The van der Waals surface area contributed by atoms with E-state index < -0.39 is 5.97 Å². The summed E-state index contributed by atoms with van der Waals surface area (Å²) in [6.45, 7) is 5.65. The van der Waals surface area contributed by atoms with Crippen LogP contribution in [0.1, 0.15) is 55.3 Å². The number of hydrogen-bond donors (Lipinski definition) is 0. The fourth-order valence-corrected chi connectivity index (χ4v) is 4.37.